The molecule has 6 nitrogen and oxygen atoms in total. The topological polar surface area (TPSA) is 65.0 Å². The quantitative estimate of drug-likeness (QED) is 0.761. The molecular formula is C19H21ClN4O2. The van der Waals surface area contributed by atoms with Gasteiger partial charge in [-0.3, -0.25) is 0 Å². The lowest BCUT2D eigenvalue weighted by Gasteiger charge is -2.17. The lowest BCUT2D eigenvalue weighted by Crippen LogP contribution is -2.26. The summed E-state index contributed by atoms with van der Waals surface area (Å²) in [4.78, 5) is 7.06. The number of fused-ring (bicyclic) bond motifs is 1. The van der Waals surface area contributed by atoms with Crippen LogP contribution < -0.4 is 20.1 Å². The van der Waals surface area contributed by atoms with E-state index in [2.05, 4.69) is 17.0 Å². The fraction of sp³-hybridized carbons (Fsp3) is 0.316. The van der Waals surface area contributed by atoms with Crippen molar-refractivity contribution in [2.24, 2.45) is 5.73 Å². The predicted molar refractivity (Wildman–Crippen MR) is 104 cm³/mol. The highest BCUT2D eigenvalue weighted by atomic mass is 35.5. The third-order valence-corrected chi connectivity index (χ3v) is 5.08. The van der Waals surface area contributed by atoms with E-state index in [1.165, 1.54) is 0 Å². The van der Waals surface area contributed by atoms with E-state index in [-0.39, 0.29) is 6.04 Å². The smallest absolute Gasteiger partial charge is 0.141 e. The Morgan fingerprint density at radius 2 is 2.00 bits per heavy atom. The molecule has 0 radical (unpaired) electrons. The molecule has 0 bridgehead atoms. The standard InChI is InChI=1S/C19H21ClN4O2/c1-25-17-9-18(26-2)15(20)8-14(17)16-11-24-6-4-13(7-19(24)22-16)23-5-3-12(21)10-23/h4,6-9,11-12H,3,5,10,21H2,1-2H3. The van der Waals surface area contributed by atoms with E-state index in [0.29, 0.717) is 16.5 Å². The molecule has 1 unspecified atom stereocenters. The van der Waals surface area contributed by atoms with Gasteiger partial charge >= 0.3 is 0 Å². The van der Waals surface area contributed by atoms with Crippen LogP contribution in [0, 0.1) is 0 Å². The van der Waals surface area contributed by atoms with E-state index >= 15 is 0 Å². The lowest BCUT2D eigenvalue weighted by atomic mass is 10.1. The first-order chi connectivity index (χ1) is 12.6. The van der Waals surface area contributed by atoms with E-state index in [1.54, 1.807) is 20.3 Å². The van der Waals surface area contributed by atoms with Gasteiger partial charge in [0.05, 0.1) is 24.9 Å². The Hall–Kier alpha value is -2.44. The maximum Gasteiger partial charge on any atom is 0.141 e. The SMILES string of the molecule is COc1cc(OC)c(-c2cn3ccc(N4CCC(N)C4)cc3n2)cc1Cl. The van der Waals surface area contributed by atoms with Gasteiger partial charge in [0, 0.05) is 54.9 Å². The number of methoxy groups -OCH3 is 2. The summed E-state index contributed by atoms with van der Waals surface area (Å²) in [6.45, 7) is 1.86. The van der Waals surface area contributed by atoms with Gasteiger partial charge in [-0.15, -0.1) is 0 Å². The first-order valence-electron chi connectivity index (χ1n) is 8.50. The van der Waals surface area contributed by atoms with Crippen molar-refractivity contribution in [3.05, 3.63) is 41.7 Å². The number of nitrogens with two attached hydrogens (primary N) is 1. The van der Waals surface area contributed by atoms with Crippen LogP contribution in [0.25, 0.3) is 16.9 Å². The molecule has 136 valence electrons. The lowest BCUT2D eigenvalue weighted by molar-refractivity contribution is 0.395. The van der Waals surface area contributed by atoms with Gasteiger partial charge in [-0.1, -0.05) is 11.6 Å². The fourth-order valence-electron chi connectivity index (χ4n) is 3.38. The molecule has 4 rings (SSSR count). The molecule has 1 fully saturated rings. The number of hydrogen-bond acceptors (Lipinski definition) is 5. The summed E-state index contributed by atoms with van der Waals surface area (Å²) in [5.74, 6) is 1.24. The van der Waals surface area contributed by atoms with Crippen molar-refractivity contribution in [2.45, 2.75) is 12.5 Å². The van der Waals surface area contributed by atoms with Crippen molar-refractivity contribution >= 4 is 22.9 Å². The van der Waals surface area contributed by atoms with Crippen LogP contribution >= 0.6 is 11.6 Å². The summed E-state index contributed by atoms with van der Waals surface area (Å²) in [5, 5.41) is 0.520. The fourth-order valence-corrected chi connectivity index (χ4v) is 3.62. The summed E-state index contributed by atoms with van der Waals surface area (Å²) in [7, 11) is 3.20. The molecule has 3 aromatic rings. The largest absolute Gasteiger partial charge is 0.496 e. The first kappa shape index (κ1) is 17.0. The third-order valence-electron chi connectivity index (χ3n) is 4.78. The zero-order valence-electron chi connectivity index (χ0n) is 14.8. The average Bonchev–Trinajstić information content (AvgIpc) is 3.26. The molecule has 0 aliphatic carbocycles. The van der Waals surface area contributed by atoms with Gasteiger partial charge in [-0.2, -0.15) is 0 Å². The zero-order valence-corrected chi connectivity index (χ0v) is 15.5. The molecule has 0 spiro atoms. The molecule has 0 amide bonds. The molecule has 1 saturated heterocycles. The van der Waals surface area contributed by atoms with Gasteiger partial charge in [0.25, 0.3) is 0 Å². The summed E-state index contributed by atoms with van der Waals surface area (Å²) in [6.07, 6.45) is 5.00. The maximum absolute atomic E-state index is 6.30. The maximum atomic E-state index is 6.30. The number of halogens is 1. The number of aromatic nitrogens is 2. The van der Waals surface area contributed by atoms with Gasteiger partial charge < -0.3 is 24.5 Å². The Kier molecular flexibility index (Phi) is 4.38. The van der Waals surface area contributed by atoms with Crippen molar-refractivity contribution in [2.75, 3.05) is 32.2 Å². The molecule has 26 heavy (non-hydrogen) atoms. The van der Waals surface area contributed by atoms with Gasteiger partial charge in [-0.05, 0) is 18.6 Å². The van der Waals surface area contributed by atoms with Gasteiger partial charge in [0.1, 0.15) is 17.1 Å². The summed E-state index contributed by atoms with van der Waals surface area (Å²) in [6, 6.07) is 8.01. The number of rotatable bonds is 4. The highest BCUT2D eigenvalue weighted by Gasteiger charge is 2.20. The molecule has 1 aliphatic heterocycles. The van der Waals surface area contributed by atoms with Crippen molar-refractivity contribution in [3.8, 4) is 22.8 Å². The number of ether oxygens (including phenoxy) is 2. The molecule has 1 aromatic carbocycles. The minimum Gasteiger partial charge on any atom is -0.496 e. The number of anilines is 1. The molecule has 2 aromatic heterocycles. The number of pyridine rings is 1. The van der Waals surface area contributed by atoms with Gasteiger partial charge in [-0.25, -0.2) is 4.98 Å². The highest BCUT2D eigenvalue weighted by Crippen LogP contribution is 2.38. The molecule has 1 atom stereocenters. The normalized spacial score (nSPS) is 17.1. The van der Waals surface area contributed by atoms with Crippen molar-refractivity contribution in [1.29, 1.82) is 0 Å². The van der Waals surface area contributed by atoms with E-state index in [0.717, 1.165) is 42.1 Å². The molecule has 0 saturated carbocycles. The number of hydrogen-bond donors (Lipinski definition) is 1. The highest BCUT2D eigenvalue weighted by molar-refractivity contribution is 6.32. The van der Waals surface area contributed by atoms with Crippen LogP contribution in [0.4, 0.5) is 5.69 Å². The third kappa shape index (κ3) is 2.95. The van der Waals surface area contributed by atoms with Crippen LogP contribution in [0.1, 0.15) is 6.42 Å². The predicted octanol–water partition coefficient (Wildman–Crippen LogP) is 3.21. The van der Waals surface area contributed by atoms with Gasteiger partial charge in [0.15, 0.2) is 0 Å². The molecule has 1 aliphatic rings. The van der Waals surface area contributed by atoms with E-state index in [4.69, 9.17) is 31.8 Å². The Labute approximate surface area is 157 Å². The van der Waals surface area contributed by atoms with Gasteiger partial charge in [0.2, 0.25) is 0 Å². The monoisotopic (exact) mass is 372 g/mol. The average molecular weight is 373 g/mol. The molecule has 2 N–H and O–H groups in total. The first-order valence-corrected chi connectivity index (χ1v) is 8.88. The zero-order chi connectivity index (χ0) is 18.3. The van der Waals surface area contributed by atoms with Crippen molar-refractivity contribution in [3.63, 3.8) is 0 Å². The van der Waals surface area contributed by atoms with E-state index < -0.39 is 0 Å². The van der Waals surface area contributed by atoms with E-state index in [1.807, 2.05) is 22.9 Å². The van der Waals surface area contributed by atoms with Crippen LogP contribution in [-0.2, 0) is 0 Å². The van der Waals surface area contributed by atoms with Crippen LogP contribution in [0.2, 0.25) is 5.02 Å². The summed E-state index contributed by atoms with van der Waals surface area (Å²) < 4.78 is 12.8. The Morgan fingerprint density at radius 1 is 1.19 bits per heavy atom. The number of benzene rings is 1. The Morgan fingerprint density at radius 3 is 2.69 bits per heavy atom. The Bertz CT molecular complexity index is 956. The van der Waals surface area contributed by atoms with Crippen LogP contribution in [0.15, 0.2) is 36.7 Å². The molecular weight excluding hydrogens is 352 g/mol. The van der Waals surface area contributed by atoms with Crippen LogP contribution in [0.3, 0.4) is 0 Å². The second kappa shape index (κ2) is 6.70. The van der Waals surface area contributed by atoms with Crippen LogP contribution in [0.5, 0.6) is 11.5 Å². The van der Waals surface area contributed by atoms with Crippen molar-refractivity contribution in [1.82, 2.24) is 9.38 Å². The molecule has 7 heteroatoms. The number of imidazole rings is 1. The minimum absolute atomic E-state index is 0.243. The van der Waals surface area contributed by atoms with E-state index in [9.17, 15) is 0 Å². The second-order valence-corrected chi connectivity index (χ2v) is 6.87. The summed E-state index contributed by atoms with van der Waals surface area (Å²) in [5.41, 5.74) is 9.65. The number of nitrogens with zero attached hydrogens (tertiary/aromatic N) is 3. The second-order valence-electron chi connectivity index (χ2n) is 6.46. The summed E-state index contributed by atoms with van der Waals surface area (Å²) >= 11 is 6.30. The Balaban J connectivity index is 1.75. The van der Waals surface area contributed by atoms with Crippen molar-refractivity contribution < 1.29 is 9.47 Å². The minimum atomic E-state index is 0.243. The molecule has 3 heterocycles. The van der Waals surface area contributed by atoms with Crippen LogP contribution in [-0.4, -0.2) is 42.7 Å².